The molecule has 0 aliphatic rings. The Balaban J connectivity index is 1.60. The molecule has 28 heavy (non-hydrogen) atoms. The van der Waals surface area contributed by atoms with Crippen molar-refractivity contribution in [2.45, 2.75) is 6.18 Å². The minimum absolute atomic E-state index is 0.0327. The number of carbonyl (C=O) groups is 1. The van der Waals surface area contributed by atoms with E-state index in [0.29, 0.717) is 11.5 Å². The summed E-state index contributed by atoms with van der Waals surface area (Å²) in [6.07, 6.45) is -4.44. The monoisotopic (exact) mass is 393 g/mol. The van der Waals surface area contributed by atoms with Gasteiger partial charge in [-0.25, -0.2) is 0 Å². The highest BCUT2D eigenvalue weighted by molar-refractivity contribution is 5.89. The van der Waals surface area contributed by atoms with E-state index < -0.39 is 17.6 Å². The van der Waals surface area contributed by atoms with Crippen molar-refractivity contribution in [2.24, 2.45) is 0 Å². The molecule has 7 nitrogen and oxygen atoms in total. The smallest absolute Gasteiger partial charge is 0.416 e. The molecule has 0 fully saturated rings. The van der Waals surface area contributed by atoms with E-state index in [0.717, 1.165) is 12.1 Å². The summed E-state index contributed by atoms with van der Waals surface area (Å²) in [7, 11) is 1.48. The van der Waals surface area contributed by atoms with Gasteiger partial charge in [0.05, 0.1) is 12.7 Å². The van der Waals surface area contributed by atoms with Crippen LogP contribution in [0.4, 0.5) is 19.2 Å². The van der Waals surface area contributed by atoms with Gasteiger partial charge in [-0.1, -0.05) is 17.2 Å². The molecule has 0 saturated heterocycles. The second kappa shape index (κ2) is 7.99. The molecule has 2 aromatic carbocycles. The number of alkyl halides is 3. The molecule has 0 atom stereocenters. The molecule has 0 unspecified atom stereocenters. The van der Waals surface area contributed by atoms with Crippen LogP contribution in [0.3, 0.4) is 0 Å². The van der Waals surface area contributed by atoms with E-state index in [1.54, 1.807) is 24.3 Å². The van der Waals surface area contributed by atoms with Gasteiger partial charge in [-0.3, -0.25) is 10.1 Å². The van der Waals surface area contributed by atoms with Crippen LogP contribution in [-0.4, -0.2) is 29.8 Å². The van der Waals surface area contributed by atoms with E-state index in [2.05, 4.69) is 15.5 Å². The number of amides is 1. The Morgan fingerprint density at radius 2 is 1.75 bits per heavy atom. The third-order valence-corrected chi connectivity index (χ3v) is 3.56. The topological polar surface area (TPSA) is 86.5 Å². The zero-order valence-corrected chi connectivity index (χ0v) is 14.5. The van der Waals surface area contributed by atoms with Gasteiger partial charge in [-0.2, -0.15) is 13.2 Å². The third-order valence-electron chi connectivity index (χ3n) is 3.56. The zero-order chi connectivity index (χ0) is 20.1. The first-order valence-electron chi connectivity index (χ1n) is 7.93. The fraction of sp³-hybridized carbons (Fsp3) is 0.167. The van der Waals surface area contributed by atoms with Crippen LogP contribution in [0, 0.1) is 0 Å². The number of halogens is 3. The predicted octanol–water partition coefficient (Wildman–Crippen LogP) is 3.78. The van der Waals surface area contributed by atoms with Gasteiger partial charge in [-0.15, -0.1) is 5.10 Å². The molecule has 146 valence electrons. The number of aromatic nitrogens is 2. The lowest BCUT2D eigenvalue weighted by molar-refractivity contribution is -0.137. The molecule has 1 amide bonds. The average Bonchev–Trinajstić information content (AvgIpc) is 3.14. The van der Waals surface area contributed by atoms with Crippen LogP contribution in [0.2, 0.25) is 0 Å². The van der Waals surface area contributed by atoms with Gasteiger partial charge in [0.25, 0.3) is 5.91 Å². The molecule has 0 aliphatic carbocycles. The standard InChI is InChI=1S/C18H14F3N3O4/c1-26-13-4-2-3-5-14(13)27-10-15(25)22-17-24-23-16(28-17)11-6-8-12(9-7-11)18(19,20)21/h2-9H,10H2,1H3,(H,22,24,25). The number of nitrogens with zero attached hydrogens (tertiary/aromatic N) is 2. The lowest BCUT2D eigenvalue weighted by Gasteiger charge is -2.09. The van der Waals surface area contributed by atoms with Crippen LogP contribution in [0.5, 0.6) is 11.5 Å². The first-order valence-corrected chi connectivity index (χ1v) is 7.93. The zero-order valence-electron chi connectivity index (χ0n) is 14.5. The van der Waals surface area contributed by atoms with Crippen molar-refractivity contribution < 1.29 is 31.9 Å². The Hall–Kier alpha value is -3.56. The summed E-state index contributed by atoms with van der Waals surface area (Å²) in [6.45, 7) is -0.335. The first kappa shape index (κ1) is 19.2. The molecule has 1 aromatic heterocycles. The molecule has 1 N–H and O–H groups in total. The van der Waals surface area contributed by atoms with Crippen molar-refractivity contribution in [2.75, 3.05) is 19.0 Å². The number of hydrogen-bond donors (Lipinski definition) is 1. The van der Waals surface area contributed by atoms with Crippen LogP contribution in [0.1, 0.15) is 5.56 Å². The van der Waals surface area contributed by atoms with E-state index in [-0.39, 0.29) is 24.1 Å². The highest BCUT2D eigenvalue weighted by atomic mass is 19.4. The van der Waals surface area contributed by atoms with Gasteiger partial charge in [0.2, 0.25) is 5.89 Å². The predicted molar refractivity (Wildman–Crippen MR) is 91.9 cm³/mol. The molecule has 0 spiro atoms. The molecular formula is C18H14F3N3O4. The molecule has 0 bridgehead atoms. The Kier molecular flexibility index (Phi) is 5.48. The Morgan fingerprint density at radius 3 is 2.39 bits per heavy atom. The molecule has 0 saturated carbocycles. The number of rotatable bonds is 6. The molecule has 3 rings (SSSR count). The average molecular weight is 393 g/mol. The van der Waals surface area contributed by atoms with Gasteiger partial charge in [-0.05, 0) is 36.4 Å². The SMILES string of the molecule is COc1ccccc1OCC(=O)Nc1nnc(-c2ccc(C(F)(F)F)cc2)o1. The quantitative estimate of drug-likeness (QED) is 0.686. The van der Waals surface area contributed by atoms with Gasteiger partial charge < -0.3 is 13.9 Å². The van der Waals surface area contributed by atoms with Crippen molar-refractivity contribution in [3.05, 3.63) is 54.1 Å². The summed E-state index contributed by atoms with van der Waals surface area (Å²) in [5.41, 5.74) is -0.510. The summed E-state index contributed by atoms with van der Waals surface area (Å²) >= 11 is 0. The number of carbonyl (C=O) groups excluding carboxylic acids is 1. The van der Waals surface area contributed by atoms with Gasteiger partial charge >= 0.3 is 12.2 Å². The van der Waals surface area contributed by atoms with Crippen LogP contribution >= 0.6 is 0 Å². The molecule has 0 radical (unpaired) electrons. The number of ether oxygens (including phenoxy) is 2. The van der Waals surface area contributed by atoms with E-state index in [1.807, 2.05) is 0 Å². The molecular weight excluding hydrogens is 379 g/mol. The fourth-order valence-electron chi connectivity index (χ4n) is 2.23. The number of nitrogens with one attached hydrogen (secondary N) is 1. The van der Waals surface area contributed by atoms with Crippen molar-refractivity contribution >= 4 is 11.9 Å². The van der Waals surface area contributed by atoms with E-state index in [9.17, 15) is 18.0 Å². The summed E-state index contributed by atoms with van der Waals surface area (Å²) < 4.78 is 53.5. The largest absolute Gasteiger partial charge is 0.493 e. The van der Waals surface area contributed by atoms with E-state index in [4.69, 9.17) is 13.9 Å². The number of methoxy groups -OCH3 is 1. The van der Waals surface area contributed by atoms with Crippen molar-refractivity contribution in [1.82, 2.24) is 10.2 Å². The number of para-hydroxylation sites is 2. The van der Waals surface area contributed by atoms with Crippen LogP contribution in [0.25, 0.3) is 11.5 Å². The van der Waals surface area contributed by atoms with Gasteiger partial charge in [0.15, 0.2) is 18.1 Å². The Morgan fingerprint density at radius 1 is 1.07 bits per heavy atom. The molecule has 10 heteroatoms. The second-order valence-electron chi connectivity index (χ2n) is 5.48. The van der Waals surface area contributed by atoms with Crippen molar-refractivity contribution in [3.63, 3.8) is 0 Å². The van der Waals surface area contributed by atoms with Gasteiger partial charge in [0, 0.05) is 5.56 Å². The minimum atomic E-state index is -4.44. The van der Waals surface area contributed by atoms with E-state index in [1.165, 1.54) is 19.2 Å². The number of anilines is 1. The highest BCUT2D eigenvalue weighted by Crippen LogP contribution is 2.31. The maximum absolute atomic E-state index is 12.6. The van der Waals surface area contributed by atoms with Crippen LogP contribution in [-0.2, 0) is 11.0 Å². The second-order valence-corrected chi connectivity index (χ2v) is 5.48. The van der Waals surface area contributed by atoms with E-state index >= 15 is 0 Å². The van der Waals surface area contributed by atoms with Crippen LogP contribution in [0.15, 0.2) is 52.9 Å². The third kappa shape index (κ3) is 4.58. The lowest BCUT2D eigenvalue weighted by atomic mass is 10.1. The molecule has 0 aliphatic heterocycles. The van der Waals surface area contributed by atoms with Crippen LogP contribution < -0.4 is 14.8 Å². The molecule has 3 aromatic rings. The Labute approximate surface area is 157 Å². The summed E-state index contributed by atoms with van der Waals surface area (Å²) in [4.78, 5) is 12.0. The first-order chi connectivity index (χ1) is 13.4. The maximum Gasteiger partial charge on any atom is 0.416 e. The Bertz CT molecular complexity index is 955. The summed E-state index contributed by atoms with van der Waals surface area (Å²) in [6, 6.07) is 10.8. The molecule has 1 heterocycles. The number of hydrogen-bond acceptors (Lipinski definition) is 6. The normalized spacial score (nSPS) is 11.1. The summed E-state index contributed by atoms with van der Waals surface area (Å²) in [5.74, 6) is 0.261. The van der Waals surface area contributed by atoms with Gasteiger partial charge in [0.1, 0.15) is 0 Å². The lowest BCUT2D eigenvalue weighted by Crippen LogP contribution is -2.20. The summed E-state index contributed by atoms with van der Waals surface area (Å²) in [5, 5.41) is 9.70. The number of benzene rings is 2. The van der Waals surface area contributed by atoms with Crippen molar-refractivity contribution in [1.29, 1.82) is 0 Å². The maximum atomic E-state index is 12.6. The highest BCUT2D eigenvalue weighted by Gasteiger charge is 2.30. The van der Waals surface area contributed by atoms with Crippen molar-refractivity contribution in [3.8, 4) is 23.0 Å². The fourth-order valence-corrected chi connectivity index (χ4v) is 2.23. The minimum Gasteiger partial charge on any atom is -0.493 e.